The minimum atomic E-state index is -0.735. The van der Waals surface area contributed by atoms with E-state index in [2.05, 4.69) is 11.8 Å². The van der Waals surface area contributed by atoms with Crippen LogP contribution < -0.4 is 9.47 Å². The van der Waals surface area contributed by atoms with Crippen LogP contribution in [0.2, 0.25) is 0 Å². The minimum absolute atomic E-state index is 0.101. The van der Waals surface area contributed by atoms with Gasteiger partial charge in [0.2, 0.25) is 0 Å². The Hall–Kier alpha value is -1.75. The van der Waals surface area contributed by atoms with Gasteiger partial charge < -0.3 is 14.6 Å². The van der Waals surface area contributed by atoms with E-state index in [1.807, 2.05) is 18.2 Å². The lowest BCUT2D eigenvalue weighted by molar-refractivity contribution is -0.138. The van der Waals surface area contributed by atoms with Crippen molar-refractivity contribution >= 4 is 5.97 Å². The van der Waals surface area contributed by atoms with E-state index in [4.69, 9.17) is 14.6 Å². The molecule has 1 aliphatic rings. The standard InChI is InChI=1S/C16H23NO4/c1-11(17-8-4-5-12(17)9-16(18)19)14-7-6-13(20-2)10-15(14)21-3/h6-7,10-12H,4-5,8-9H2,1-3H3,(H,18,19). The fourth-order valence-electron chi connectivity index (χ4n) is 3.13. The summed E-state index contributed by atoms with van der Waals surface area (Å²) in [5, 5.41) is 9.05. The number of hydrogen-bond acceptors (Lipinski definition) is 4. The van der Waals surface area contributed by atoms with Gasteiger partial charge in [-0.25, -0.2) is 0 Å². The van der Waals surface area contributed by atoms with E-state index in [1.165, 1.54) is 0 Å². The van der Waals surface area contributed by atoms with Gasteiger partial charge in [0.15, 0.2) is 0 Å². The number of benzene rings is 1. The Labute approximate surface area is 125 Å². The molecule has 1 heterocycles. The maximum atomic E-state index is 11.0. The predicted molar refractivity (Wildman–Crippen MR) is 79.9 cm³/mol. The lowest BCUT2D eigenvalue weighted by Crippen LogP contribution is -2.33. The van der Waals surface area contributed by atoms with Crippen molar-refractivity contribution in [3.05, 3.63) is 23.8 Å². The summed E-state index contributed by atoms with van der Waals surface area (Å²) in [6.07, 6.45) is 2.18. The SMILES string of the molecule is COc1ccc(C(C)N2CCCC2CC(=O)O)c(OC)c1. The number of methoxy groups -OCH3 is 2. The quantitative estimate of drug-likeness (QED) is 0.874. The second-order valence-electron chi connectivity index (χ2n) is 5.42. The fourth-order valence-corrected chi connectivity index (χ4v) is 3.13. The van der Waals surface area contributed by atoms with Crippen LogP contribution in [-0.2, 0) is 4.79 Å². The third-order valence-corrected chi connectivity index (χ3v) is 4.22. The summed E-state index contributed by atoms with van der Waals surface area (Å²) in [7, 11) is 3.27. The molecular formula is C16H23NO4. The molecule has 2 atom stereocenters. The maximum absolute atomic E-state index is 11.0. The molecule has 0 bridgehead atoms. The van der Waals surface area contributed by atoms with Crippen LogP contribution in [-0.4, -0.2) is 42.8 Å². The van der Waals surface area contributed by atoms with Gasteiger partial charge in [-0.05, 0) is 32.4 Å². The van der Waals surface area contributed by atoms with E-state index in [9.17, 15) is 4.79 Å². The number of hydrogen-bond donors (Lipinski definition) is 1. The Bertz CT molecular complexity index is 503. The molecule has 1 aromatic carbocycles. The van der Waals surface area contributed by atoms with Crippen LogP contribution in [0.3, 0.4) is 0 Å². The van der Waals surface area contributed by atoms with Crippen LogP contribution in [0, 0.1) is 0 Å². The molecule has 2 rings (SSSR count). The third kappa shape index (κ3) is 3.47. The number of likely N-dealkylation sites (tertiary alicyclic amines) is 1. The number of rotatable bonds is 6. The Morgan fingerprint density at radius 3 is 2.81 bits per heavy atom. The van der Waals surface area contributed by atoms with Gasteiger partial charge in [0.1, 0.15) is 11.5 Å². The zero-order valence-corrected chi connectivity index (χ0v) is 12.8. The second-order valence-corrected chi connectivity index (χ2v) is 5.42. The molecule has 1 aromatic rings. The first-order valence-electron chi connectivity index (χ1n) is 7.26. The molecule has 5 nitrogen and oxygen atoms in total. The van der Waals surface area contributed by atoms with Crippen LogP contribution in [0.1, 0.15) is 37.8 Å². The van der Waals surface area contributed by atoms with Crippen LogP contribution in [0.25, 0.3) is 0 Å². The molecule has 0 spiro atoms. The van der Waals surface area contributed by atoms with Crippen molar-refractivity contribution in [3.8, 4) is 11.5 Å². The monoisotopic (exact) mass is 293 g/mol. The minimum Gasteiger partial charge on any atom is -0.497 e. The van der Waals surface area contributed by atoms with E-state index in [0.717, 1.165) is 36.4 Å². The van der Waals surface area contributed by atoms with Gasteiger partial charge in [-0.1, -0.05) is 6.07 Å². The molecule has 0 radical (unpaired) electrons. The van der Waals surface area contributed by atoms with Crippen molar-refractivity contribution in [3.63, 3.8) is 0 Å². The normalized spacial score (nSPS) is 20.2. The van der Waals surface area contributed by atoms with Gasteiger partial charge in [0.25, 0.3) is 0 Å². The van der Waals surface area contributed by atoms with Crippen LogP contribution in [0.4, 0.5) is 0 Å². The topological polar surface area (TPSA) is 59.0 Å². The number of ether oxygens (including phenoxy) is 2. The Morgan fingerprint density at radius 1 is 1.43 bits per heavy atom. The summed E-state index contributed by atoms with van der Waals surface area (Å²) in [6.45, 7) is 3.03. The summed E-state index contributed by atoms with van der Waals surface area (Å²) in [6, 6.07) is 6.01. The lowest BCUT2D eigenvalue weighted by Gasteiger charge is -2.31. The van der Waals surface area contributed by atoms with Gasteiger partial charge >= 0.3 is 5.97 Å². The Balaban J connectivity index is 2.22. The molecule has 1 aliphatic heterocycles. The van der Waals surface area contributed by atoms with Gasteiger partial charge in [0.05, 0.1) is 20.6 Å². The lowest BCUT2D eigenvalue weighted by atomic mass is 10.0. The third-order valence-electron chi connectivity index (χ3n) is 4.22. The zero-order valence-electron chi connectivity index (χ0n) is 12.8. The molecule has 1 saturated heterocycles. The predicted octanol–water partition coefficient (Wildman–Crippen LogP) is 2.70. The summed E-state index contributed by atoms with van der Waals surface area (Å²) in [5.74, 6) is 0.801. The van der Waals surface area contributed by atoms with Crippen molar-refractivity contribution in [2.45, 2.75) is 38.3 Å². The van der Waals surface area contributed by atoms with E-state index < -0.39 is 5.97 Å². The smallest absolute Gasteiger partial charge is 0.304 e. The molecule has 116 valence electrons. The molecule has 0 aromatic heterocycles. The average molecular weight is 293 g/mol. The molecule has 5 heteroatoms. The van der Waals surface area contributed by atoms with E-state index >= 15 is 0 Å². The molecule has 1 fully saturated rings. The average Bonchev–Trinajstić information content (AvgIpc) is 2.93. The zero-order chi connectivity index (χ0) is 15.4. The highest BCUT2D eigenvalue weighted by Crippen LogP contribution is 2.36. The van der Waals surface area contributed by atoms with Gasteiger partial charge in [0, 0.05) is 23.7 Å². The molecule has 2 unspecified atom stereocenters. The summed E-state index contributed by atoms with van der Waals surface area (Å²) in [4.78, 5) is 13.3. The Morgan fingerprint density at radius 2 is 2.19 bits per heavy atom. The van der Waals surface area contributed by atoms with Gasteiger partial charge in [-0.2, -0.15) is 0 Å². The van der Waals surface area contributed by atoms with Gasteiger partial charge in [-0.15, -0.1) is 0 Å². The number of carboxylic acids is 1. The first-order valence-corrected chi connectivity index (χ1v) is 7.26. The Kier molecular flexibility index (Phi) is 5.07. The van der Waals surface area contributed by atoms with Crippen molar-refractivity contribution in [2.75, 3.05) is 20.8 Å². The highest BCUT2D eigenvalue weighted by atomic mass is 16.5. The van der Waals surface area contributed by atoms with Crippen LogP contribution in [0.15, 0.2) is 18.2 Å². The van der Waals surface area contributed by atoms with Crippen LogP contribution in [0.5, 0.6) is 11.5 Å². The summed E-state index contributed by atoms with van der Waals surface area (Å²) < 4.78 is 10.7. The molecule has 0 saturated carbocycles. The highest BCUT2D eigenvalue weighted by Gasteiger charge is 2.31. The molecular weight excluding hydrogens is 270 g/mol. The van der Waals surface area contributed by atoms with Crippen molar-refractivity contribution in [2.24, 2.45) is 0 Å². The first kappa shape index (κ1) is 15.6. The highest BCUT2D eigenvalue weighted by molar-refractivity contribution is 5.67. The number of carboxylic acid groups (broad SMARTS) is 1. The van der Waals surface area contributed by atoms with E-state index in [-0.39, 0.29) is 18.5 Å². The van der Waals surface area contributed by atoms with Crippen molar-refractivity contribution < 1.29 is 19.4 Å². The largest absolute Gasteiger partial charge is 0.497 e. The van der Waals surface area contributed by atoms with E-state index in [0.29, 0.717) is 0 Å². The second kappa shape index (κ2) is 6.80. The number of nitrogens with zero attached hydrogens (tertiary/aromatic N) is 1. The molecule has 21 heavy (non-hydrogen) atoms. The molecule has 0 aliphatic carbocycles. The van der Waals surface area contributed by atoms with Crippen LogP contribution >= 0.6 is 0 Å². The molecule has 1 N–H and O–H groups in total. The van der Waals surface area contributed by atoms with Crippen molar-refractivity contribution in [1.82, 2.24) is 4.90 Å². The number of aliphatic carboxylic acids is 1. The summed E-state index contributed by atoms with van der Waals surface area (Å²) in [5.41, 5.74) is 1.07. The fraction of sp³-hybridized carbons (Fsp3) is 0.562. The number of carbonyl (C=O) groups is 1. The summed E-state index contributed by atoms with van der Waals surface area (Å²) >= 11 is 0. The maximum Gasteiger partial charge on any atom is 0.304 e. The van der Waals surface area contributed by atoms with Gasteiger partial charge in [-0.3, -0.25) is 9.69 Å². The van der Waals surface area contributed by atoms with Crippen molar-refractivity contribution in [1.29, 1.82) is 0 Å². The van der Waals surface area contributed by atoms with E-state index in [1.54, 1.807) is 14.2 Å². The first-order chi connectivity index (χ1) is 10.1. The molecule has 0 amide bonds.